The van der Waals surface area contributed by atoms with Gasteiger partial charge in [0.05, 0.1) is 0 Å². The van der Waals surface area contributed by atoms with Crippen LogP contribution in [0, 0.1) is 20.8 Å². The van der Waals surface area contributed by atoms with Gasteiger partial charge in [-0.3, -0.25) is 4.79 Å². The number of nitrogens with zero attached hydrogens (tertiary/aromatic N) is 1. The molecule has 1 aromatic rings. The van der Waals surface area contributed by atoms with E-state index in [9.17, 15) is 4.79 Å². The summed E-state index contributed by atoms with van der Waals surface area (Å²) in [6.45, 7) is 9.12. The van der Waals surface area contributed by atoms with Crippen LogP contribution in [0.15, 0.2) is 12.1 Å². The van der Waals surface area contributed by atoms with Crippen LogP contribution < -0.4 is 4.74 Å². The maximum Gasteiger partial charge on any atom is 0.260 e. The molecular formula is C16H25NO2. The average molecular weight is 263 g/mol. The molecule has 0 saturated carbocycles. The lowest BCUT2D eigenvalue weighted by Gasteiger charge is -2.18. The number of benzene rings is 1. The Kier molecular flexibility index (Phi) is 5.87. The first-order chi connectivity index (χ1) is 8.97. The van der Waals surface area contributed by atoms with Gasteiger partial charge in [0.2, 0.25) is 0 Å². The Morgan fingerprint density at radius 3 is 2.47 bits per heavy atom. The van der Waals surface area contributed by atoms with Gasteiger partial charge in [0, 0.05) is 13.6 Å². The molecule has 0 radical (unpaired) electrons. The Balaban J connectivity index is 2.62. The van der Waals surface area contributed by atoms with Gasteiger partial charge < -0.3 is 9.64 Å². The number of amides is 1. The van der Waals surface area contributed by atoms with Crippen LogP contribution in [-0.2, 0) is 4.79 Å². The van der Waals surface area contributed by atoms with Gasteiger partial charge in [-0.2, -0.15) is 0 Å². The van der Waals surface area contributed by atoms with E-state index in [0.29, 0.717) is 0 Å². The molecule has 0 unspecified atom stereocenters. The van der Waals surface area contributed by atoms with Gasteiger partial charge in [-0.05, 0) is 43.9 Å². The van der Waals surface area contributed by atoms with Gasteiger partial charge in [0.25, 0.3) is 5.91 Å². The minimum atomic E-state index is 0.0359. The molecule has 3 nitrogen and oxygen atoms in total. The lowest BCUT2D eigenvalue weighted by atomic mass is 10.1. The van der Waals surface area contributed by atoms with Crippen LogP contribution in [-0.4, -0.2) is 31.0 Å². The smallest absolute Gasteiger partial charge is 0.260 e. The molecule has 0 spiro atoms. The molecule has 0 aliphatic rings. The molecule has 0 fully saturated rings. The minimum absolute atomic E-state index is 0.0359. The summed E-state index contributed by atoms with van der Waals surface area (Å²) in [5.41, 5.74) is 3.38. The van der Waals surface area contributed by atoms with Crippen LogP contribution in [0.4, 0.5) is 0 Å². The quantitative estimate of drug-likeness (QED) is 0.788. The molecule has 1 rings (SSSR count). The third kappa shape index (κ3) is 4.27. The molecule has 1 aromatic carbocycles. The van der Waals surface area contributed by atoms with Crippen molar-refractivity contribution in [2.45, 2.75) is 40.5 Å². The first-order valence-corrected chi connectivity index (χ1v) is 6.91. The number of rotatable bonds is 6. The number of hydrogen-bond acceptors (Lipinski definition) is 2. The molecule has 0 N–H and O–H groups in total. The molecule has 0 aromatic heterocycles. The molecule has 0 aliphatic heterocycles. The van der Waals surface area contributed by atoms with E-state index in [1.807, 2.05) is 27.0 Å². The van der Waals surface area contributed by atoms with E-state index in [0.717, 1.165) is 36.3 Å². The zero-order chi connectivity index (χ0) is 14.4. The van der Waals surface area contributed by atoms with Crippen molar-refractivity contribution in [3.63, 3.8) is 0 Å². The molecular weight excluding hydrogens is 238 g/mol. The van der Waals surface area contributed by atoms with Gasteiger partial charge in [0.15, 0.2) is 6.61 Å². The largest absolute Gasteiger partial charge is 0.483 e. The van der Waals surface area contributed by atoms with E-state index in [4.69, 9.17) is 4.74 Å². The normalized spacial score (nSPS) is 10.4. The van der Waals surface area contributed by atoms with E-state index in [2.05, 4.69) is 19.9 Å². The fraction of sp³-hybridized carbons (Fsp3) is 0.562. The van der Waals surface area contributed by atoms with Crippen LogP contribution in [0.5, 0.6) is 5.75 Å². The highest BCUT2D eigenvalue weighted by Crippen LogP contribution is 2.25. The van der Waals surface area contributed by atoms with Crippen molar-refractivity contribution in [3.05, 3.63) is 28.8 Å². The van der Waals surface area contributed by atoms with Crippen LogP contribution >= 0.6 is 0 Å². The van der Waals surface area contributed by atoms with Gasteiger partial charge in [-0.15, -0.1) is 0 Å². The molecule has 1 amide bonds. The van der Waals surface area contributed by atoms with Crippen molar-refractivity contribution < 1.29 is 9.53 Å². The topological polar surface area (TPSA) is 29.5 Å². The third-order valence-corrected chi connectivity index (χ3v) is 3.49. The number of unbranched alkanes of at least 4 members (excludes halogenated alkanes) is 1. The van der Waals surface area contributed by atoms with Crippen molar-refractivity contribution in [3.8, 4) is 5.75 Å². The Morgan fingerprint density at radius 2 is 1.84 bits per heavy atom. The predicted molar refractivity (Wildman–Crippen MR) is 78.7 cm³/mol. The Hall–Kier alpha value is -1.51. The molecule has 3 heteroatoms. The van der Waals surface area contributed by atoms with Gasteiger partial charge in [-0.25, -0.2) is 0 Å². The maximum absolute atomic E-state index is 11.9. The van der Waals surface area contributed by atoms with Crippen molar-refractivity contribution in [1.82, 2.24) is 4.90 Å². The SMILES string of the molecule is CCCCN(C)C(=O)COc1c(C)ccc(C)c1C. The molecule has 0 aliphatic carbocycles. The molecule has 0 heterocycles. The van der Waals surface area contributed by atoms with E-state index in [1.165, 1.54) is 5.56 Å². The predicted octanol–water partition coefficient (Wildman–Crippen LogP) is 3.25. The van der Waals surface area contributed by atoms with Crippen molar-refractivity contribution in [2.75, 3.05) is 20.2 Å². The molecule has 0 saturated heterocycles. The van der Waals surface area contributed by atoms with E-state index < -0.39 is 0 Å². The Labute approximate surface area is 116 Å². The number of carbonyl (C=O) groups excluding carboxylic acids is 1. The summed E-state index contributed by atoms with van der Waals surface area (Å²) < 4.78 is 5.72. The Morgan fingerprint density at radius 1 is 1.21 bits per heavy atom. The fourth-order valence-corrected chi connectivity index (χ4v) is 1.91. The van der Waals surface area contributed by atoms with Crippen molar-refractivity contribution >= 4 is 5.91 Å². The van der Waals surface area contributed by atoms with Crippen molar-refractivity contribution in [2.24, 2.45) is 0 Å². The number of aryl methyl sites for hydroxylation is 2. The summed E-state index contributed by atoms with van der Waals surface area (Å²) >= 11 is 0. The molecule has 106 valence electrons. The summed E-state index contributed by atoms with van der Waals surface area (Å²) in [7, 11) is 1.83. The first-order valence-electron chi connectivity index (χ1n) is 6.91. The van der Waals surface area contributed by atoms with Gasteiger partial charge in [-0.1, -0.05) is 25.5 Å². The zero-order valence-electron chi connectivity index (χ0n) is 12.7. The molecule has 0 bridgehead atoms. The second kappa shape index (κ2) is 7.17. The van der Waals surface area contributed by atoms with Crippen molar-refractivity contribution in [1.29, 1.82) is 0 Å². The highest BCUT2D eigenvalue weighted by atomic mass is 16.5. The monoisotopic (exact) mass is 263 g/mol. The Bertz CT molecular complexity index is 441. The average Bonchev–Trinajstić information content (AvgIpc) is 2.40. The van der Waals surface area contributed by atoms with Crippen LogP contribution in [0.1, 0.15) is 36.5 Å². The number of hydrogen-bond donors (Lipinski definition) is 0. The second-order valence-electron chi connectivity index (χ2n) is 5.11. The number of carbonyl (C=O) groups is 1. The van der Waals surface area contributed by atoms with Crippen LogP contribution in [0.3, 0.4) is 0 Å². The highest BCUT2D eigenvalue weighted by molar-refractivity contribution is 5.77. The summed E-state index contributed by atoms with van der Waals surface area (Å²) in [6, 6.07) is 4.11. The summed E-state index contributed by atoms with van der Waals surface area (Å²) in [5, 5.41) is 0. The lowest BCUT2D eigenvalue weighted by Crippen LogP contribution is -2.32. The van der Waals surface area contributed by atoms with E-state index >= 15 is 0 Å². The summed E-state index contributed by atoms with van der Waals surface area (Å²) in [4.78, 5) is 13.7. The summed E-state index contributed by atoms with van der Waals surface area (Å²) in [6.07, 6.45) is 2.12. The van der Waals surface area contributed by atoms with E-state index in [1.54, 1.807) is 4.90 Å². The maximum atomic E-state index is 11.9. The third-order valence-electron chi connectivity index (χ3n) is 3.49. The zero-order valence-corrected chi connectivity index (χ0v) is 12.7. The second-order valence-corrected chi connectivity index (χ2v) is 5.11. The van der Waals surface area contributed by atoms with Gasteiger partial charge >= 0.3 is 0 Å². The number of ether oxygens (including phenoxy) is 1. The van der Waals surface area contributed by atoms with Gasteiger partial charge in [0.1, 0.15) is 5.75 Å². The molecule has 0 atom stereocenters. The van der Waals surface area contributed by atoms with E-state index in [-0.39, 0.29) is 12.5 Å². The standard InChI is InChI=1S/C16H25NO2/c1-6-7-10-17(5)15(18)11-19-16-13(3)9-8-12(2)14(16)4/h8-9H,6-7,10-11H2,1-5H3. The minimum Gasteiger partial charge on any atom is -0.483 e. The first kappa shape index (κ1) is 15.5. The number of likely N-dealkylation sites (N-methyl/N-ethyl adjacent to an activating group) is 1. The lowest BCUT2D eigenvalue weighted by molar-refractivity contribution is -0.132. The van der Waals surface area contributed by atoms with Crippen LogP contribution in [0.2, 0.25) is 0 Å². The highest BCUT2D eigenvalue weighted by Gasteiger charge is 2.12. The van der Waals surface area contributed by atoms with Crippen LogP contribution in [0.25, 0.3) is 0 Å². The fourth-order valence-electron chi connectivity index (χ4n) is 1.91. The molecule has 19 heavy (non-hydrogen) atoms. The summed E-state index contributed by atoms with van der Waals surface area (Å²) in [5.74, 6) is 0.881.